The van der Waals surface area contributed by atoms with Gasteiger partial charge in [0.15, 0.2) is 0 Å². The standard InChI is InChI=1S/C10H16ClN3O/c1-3-6-15-9-4-5-12-10(14-9)13-7-8(2)11/h4-5,8H,3,6-7H2,1-2H3,(H,12,13,14). The van der Waals surface area contributed by atoms with Crippen LogP contribution in [0.5, 0.6) is 5.88 Å². The Kier molecular flexibility index (Phi) is 5.18. The Morgan fingerprint density at radius 2 is 2.40 bits per heavy atom. The molecule has 1 atom stereocenters. The van der Waals surface area contributed by atoms with Crippen LogP contribution in [0.3, 0.4) is 0 Å². The second-order valence-electron chi connectivity index (χ2n) is 3.23. The minimum atomic E-state index is 0.0498. The summed E-state index contributed by atoms with van der Waals surface area (Å²) in [5.41, 5.74) is 0. The minimum Gasteiger partial charge on any atom is -0.478 e. The third-order valence-corrected chi connectivity index (χ3v) is 1.78. The Balaban J connectivity index is 2.50. The maximum Gasteiger partial charge on any atom is 0.225 e. The Morgan fingerprint density at radius 3 is 3.07 bits per heavy atom. The van der Waals surface area contributed by atoms with Crippen molar-refractivity contribution in [2.75, 3.05) is 18.5 Å². The van der Waals surface area contributed by atoms with Gasteiger partial charge < -0.3 is 10.1 Å². The molecule has 84 valence electrons. The molecule has 1 aromatic heterocycles. The average molecular weight is 230 g/mol. The van der Waals surface area contributed by atoms with Gasteiger partial charge >= 0.3 is 0 Å². The molecule has 0 aliphatic rings. The van der Waals surface area contributed by atoms with Gasteiger partial charge in [-0.1, -0.05) is 6.92 Å². The summed E-state index contributed by atoms with van der Waals surface area (Å²) >= 11 is 5.80. The van der Waals surface area contributed by atoms with Gasteiger partial charge in [0.05, 0.1) is 6.61 Å². The SMILES string of the molecule is CCCOc1ccnc(NCC(C)Cl)n1. The molecule has 0 saturated heterocycles. The number of anilines is 1. The summed E-state index contributed by atoms with van der Waals surface area (Å²) in [5, 5.41) is 3.08. The molecular formula is C10H16ClN3O. The number of hydrogen-bond acceptors (Lipinski definition) is 4. The monoisotopic (exact) mass is 229 g/mol. The van der Waals surface area contributed by atoms with Gasteiger partial charge in [-0.3, -0.25) is 0 Å². The first-order valence-corrected chi connectivity index (χ1v) is 5.49. The summed E-state index contributed by atoms with van der Waals surface area (Å²) in [6.45, 7) is 5.27. The fourth-order valence-electron chi connectivity index (χ4n) is 0.946. The molecule has 5 heteroatoms. The zero-order valence-corrected chi connectivity index (χ0v) is 9.79. The van der Waals surface area contributed by atoms with E-state index in [0.717, 1.165) is 6.42 Å². The molecule has 0 aromatic carbocycles. The summed E-state index contributed by atoms with van der Waals surface area (Å²) in [5.74, 6) is 1.15. The Hall–Kier alpha value is -1.03. The fourth-order valence-corrected chi connectivity index (χ4v) is 1.02. The van der Waals surface area contributed by atoms with E-state index in [4.69, 9.17) is 16.3 Å². The highest BCUT2D eigenvalue weighted by atomic mass is 35.5. The molecule has 0 radical (unpaired) electrons. The highest BCUT2D eigenvalue weighted by Crippen LogP contribution is 2.08. The normalized spacial score (nSPS) is 12.2. The lowest BCUT2D eigenvalue weighted by molar-refractivity contribution is 0.305. The zero-order chi connectivity index (χ0) is 11.1. The van der Waals surface area contributed by atoms with Gasteiger partial charge in [0.2, 0.25) is 11.8 Å². The van der Waals surface area contributed by atoms with Crippen LogP contribution in [0.25, 0.3) is 0 Å². The lowest BCUT2D eigenvalue weighted by atomic mass is 10.5. The van der Waals surface area contributed by atoms with Crippen LogP contribution in [0.2, 0.25) is 0 Å². The first-order valence-electron chi connectivity index (χ1n) is 5.06. The van der Waals surface area contributed by atoms with Gasteiger partial charge in [0.1, 0.15) is 0 Å². The quantitative estimate of drug-likeness (QED) is 0.761. The molecule has 0 bridgehead atoms. The van der Waals surface area contributed by atoms with Gasteiger partial charge in [-0.15, -0.1) is 11.6 Å². The zero-order valence-electron chi connectivity index (χ0n) is 9.03. The largest absolute Gasteiger partial charge is 0.478 e. The molecule has 4 nitrogen and oxygen atoms in total. The second-order valence-corrected chi connectivity index (χ2v) is 3.97. The van der Waals surface area contributed by atoms with Crippen molar-refractivity contribution in [3.63, 3.8) is 0 Å². The molecule has 0 aliphatic carbocycles. The minimum absolute atomic E-state index is 0.0498. The molecule has 15 heavy (non-hydrogen) atoms. The van der Waals surface area contributed by atoms with E-state index < -0.39 is 0 Å². The molecule has 1 rings (SSSR count). The molecule has 1 unspecified atom stereocenters. The van der Waals surface area contributed by atoms with Gasteiger partial charge in [-0.2, -0.15) is 4.98 Å². The molecule has 1 aromatic rings. The van der Waals surface area contributed by atoms with E-state index in [1.54, 1.807) is 12.3 Å². The molecule has 0 amide bonds. The topological polar surface area (TPSA) is 47.0 Å². The van der Waals surface area contributed by atoms with Crippen molar-refractivity contribution in [1.82, 2.24) is 9.97 Å². The van der Waals surface area contributed by atoms with Crippen LogP contribution in [-0.2, 0) is 0 Å². The lowest BCUT2D eigenvalue weighted by Crippen LogP contribution is -2.13. The number of rotatable bonds is 6. The van der Waals surface area contributed by atoms with Gasteiger partial charge in [-0.25, -0.2) is 4.98 Å². The summed E-state index contributed by atoms with van der Waals surface area (Å²) in [6.07, 6.45) is 2.63. The van der Waals surface area contributed by atoms with Crippen LogP contribution in [0.4, 0.5) is 5.95 Å². The van der Waals surface area contributed by atoms with Gasteiger partial charge in [-0.05, 0) is 13.3 Å². The van der Waals surface area contributed by atoms with Crippen LogP contribution in [0, 0.1) is 0 Å². The van der Waals surface area contributed by atoms with Crippen molar-refractivity contribution in [2.24, 2.45) is 0 Å². The van der Waals surface area contributed by atoms with E-state index in [1.165, 1.54) is 0 Å². The number of halogens is 1. The molecule has 0 aliphatic heterocycles. The highest BCUT2D eigenvalue weighted by Gasteiger charge is 2.01. The van der Waals surface area contributed by atoms with E-state index in [1.807, 2.05) is 6.92 Å². The fraction of sp³-hybridized carbons (Fsp3) is 0.600. The molecular weight excluding hydrogens is 214 g/mol. The number of ether oxygens (including phenoxy) is 1. The molecule has 0 fully saturated rings. The van der Waals surface area contributed by atoms with Crippen LogP contribution < -0.4 is 10.1 Å². The van der Waals surface area contributed by atoms with E-state index in [9.17, 15) is 0 Å². The summed E-state index contributed by atoms with van der Waals surface area (Å²) in [6, 6.07) is 1.74. The van der Waals surface area contributed by atoms with Crippen LogP contribution in [-0.4, -0.2) is 28.5 Å². The number of aromatic nitrogens is 2. The summed E-state index contributed by atoms with van der Waals surface area (Å²) < 4.78 is 5.38. The van der Waals surface area contributed by atoms with Crippen molar-refractivity contribution in [3.8, 4) is 5.88 Å². The molecule has 0 spiro atoms. The van der Waals surface area contributed by atoms with E-state index in [2.05, 4.69) is 22.2 Å². The van der Waals surface area contributed by atoms with E-state index >= 15 is 0 Å². The lowest BCUT2D eigenvalue weighted by Gasteiger charge is -2.07. The molecule has 0 saturated carbocycles. The summed E-state index contributed by atoms with van der Waals surface area (Å²) in [4.78, 5) is 8.24. The first-order chi connectivity index (χ1) is 7.22. The number of nitrogens with one attached hydrogen (secondary N) is 1. The number of hydrogen-bond donors (Lipinski definition) is 1. The number of alkyl halides is 1. The average Bonchev–Trinajstić information content (AvgIpc) is 2.24. The van der Waals surface area contributed by atoms with Crippen molar-refractivity contribution in [2.45, 2.75) is 25.6 Å². The predicted octanol–water partition coefficient (Wildman–Crippen LogP) is 2.30. The Morgan fingerprint density at radius 1 is 1.60 bits per heavy atom. The summed E-state index contributed by atoms with van der Waals surface area (Å²) in [7, 11) is 0. The molecule has 1 heterocycles. The van der Waals surface area contributed by atoms with Crippen LogP contribution in [0.1, 0.15) is 20.3 Å². The van der Waals surface area contributed by atoms with Crippen molar-refractivity contribution >= 4 is 17.5 Å². The predicted molar refractivity (Wildman–Crippen MR) is 61.6 cm³/mol. The van der Waals surface area contributed by atoms with Gasteiger partial charge in [0, 0.05) is 24.2 Å². The second kappa shape index (κ2) is 6.45. The number of nitrogens with zero attached hydrogens (tertiary/aromatic N) is 2. The third-order valence-electron chi connectivity index (χ3n) is 1.63. The maximum absolute atomic E-state index is 5.80. The third kappa shape index (κ3) is 4.83. The van der Waals surface area contributed by atoms with E-state index in [-0.39, 0.29) is 5.38 Å². The van der Waals surface area contributed by atoms with Crippen molar-refractivity contribution in [3.05, 3.63) is 12.3 Å². The van der Waals surface area contributed by atoms with Crippen LogP contribution in [0.15, 0.2) is 12.3 Å². The Bertz CT molecular complexity index is 294. The van der Waals surface area contributed by atoms with Gasteiger partial charge in [0.25, 0.3) is 0 Å². The maximum atomic E-state index is 5.80. The smallest absolute Gasteiger partial charge is 0.225 e. The first kappa shape index (κ1) is 12.0. The van der Waals surface area contributed by atoms with E-state index in [0.29, 0.717) is 25.0 Å². The van der Waals surface area contributed by atoms with Crippen molar-refractivity contribution in [1.29, 1.82) is 0 Å². The van der Waals surface area contributed by atoms with Crippen LogP contribution >= 0.6 is 11.6 Å². The molecule has 1 N–H and O–H groups in total. The highest BCUT2D eigenvalue weighted by molar-refractivity contribution is 6.20. The van der Waals surface area contributed by atoms with Crippen molar-refractivity contribution < 1.29 is 4.74 Å². The Labute approximate surface area is 95.0 Å².